The van der Waals surface area contributed by atoms with E-state index in [1.807, 2.05) is 0 Å². The van der Waals surface area contributed by atoms with Gasteiger partial charge in [0.05, 0.1) is 6.61 Å². The Kier molecular flexibility index (Phi) is 3.46. The molecule has 2 heterocycles. The van der Waals surface area contributed by atoms with Gasteiger partial charge in [-0.1, -0.05) is 6.08 Å². The Labute approximate surface area is 102 Å². The van der Waals surface area contributed by atoms with E-state index in [0.29, 0.717) is 5.56 Å². The molecule has 0 amide bonds. The average Bonchev–Trinajstić information content (AvgIpc) is 2.35. The van der Waals surface area contributed by atoms with Crippen LogP contribution in [-0.2, 0) is 4.74 Å². The molecule has 0 saturated heterocycles. The Hall–Kier alpha value is -1.70. The number of nitrogens with one attached hydrogen (secondary N) is 1. The van der Waals surface area contributed by atoms with E-state index in [-0.39, 0.29) is 6.61 Å². The first kappa shape index (κ1) is 12.7. The van der Waals surface area contributed by atoms with Crippen molar-refractivity contribution < 1.29 is 14.9 Å². The third-order valence-corrected chi connectivity index (χ3v) is 2.77. The molecule has 0 spiro atoms. The monoisotopic (exact) mass is 254 g/mol. The van der Waals surface area contributed by atoms with Crippen molar-refractivity contribution in [3.8, 4) is 0 Å². The number of rotatable bonds is 2. The van der Waals surface area contributed by atoms with Crippen molar-refractivity contribution in [2.45, 2.75) is 25.4 Å². The normalized spacial score (nSPS) is 27.4. The van der Waals surface area contributed by atoms with Gasteiger partial charge in [0, 0.05) is 11.8 Å². The van der Waals surface area contributed by atoms with Gasteiger partial charge in [-0.25, -0.2) is 4.79 Å². The molecule has 0 radical (unpaired) electrons. The highest BCUT2D eigenvalue weighted by Crippen LogP contribution is 2.19. The van der Waals surface area contributed by atoms with Crippen LogP contribution in [0, 0.1) is 6.92 Å². The molecule has 0 aromatic carbocycles. The average molecular weight is 254 g/mol. The van der Waals surface area contributed by atoms with E-state index in [1.165, 1.54) is 22.9 Å². The SMILES string of the molecule is Cc1cn(C2C=CC(O)C(CO)O2)c(=O)[nH]c1=O. The summed E-state index contributed by atoms with van der Waals surface area (Å²) in [5, 5.41) is 18.5. The van der Waals surface area contributed by atoms with Gasteiger partial charge in [-0.05, 0) is 13.0 Å². The molecule has 3 unspecified atom stereocenters. The Morgan fingerprint density at radius 2 is 2.17 bits per heavy atom. The first-order valence-electron chi connectivity index (χ1n) is 5.47. The predicted octanol–water partition coefficient (Wildman–Crippen LogP) is -1.35. The number of hydrogen-bond acceptors (Lipinski definition) is 5. The fourth-order valence-corrected chi connectivity index (χ4v) is 1.72. The van der Waals surface area contributed by atoms with Crippen molar-refractivity contribution in [1.29, 1.82) is 0 Å². The summed E-state index contributed by atoms with van der Waals surface area (Å²) >= 11 is 0. The van der Waals surface area contributed by atoms with E-state index in [1.54, 1.807) is 6.92 Å². The first-order valence-corrected chi connectivity index (χ1v) is 5.47. The maximum atomic E-state index is 11.6. The Morgan fingerprint density at radius 1 is 1.44 bits per heavy atom. The summed E-state index contributed by atoms with van der Waals surface area (Å²) in [6.45, 7) is 1.21. The summed E-state index contributed by atoms with van der Waals surface area (Å²) in [6, 6.07) is 0. The van der Waals surface area contributed by atoms with Gasteiger partial charge in [-0.15, -0.1) is 0 Å². The van der Waals surface area contributed by atoms with Crippen LogP contribution in [0.5, 0.6) is 0 Å². The minimum absolute atomic E-state index is 0.362. The zero-order chi connectivity index (χ0) is 13.3. The van der Waals surface area contributed by atoms with Crippen molar-refractivity contribution >= 4 is 0 Å². The maximum Gasteiger partial charge on any atom is 0.330 e. The molecule has 7 nitrogen and oxygen atoms in total. The van der Waals surface area contributed by atoms with E-state index < -0.39 is 29.7 Å². The zero-order valence-corrected chi connectivity index (χ0v) is 9.74. The second-order valence-corrected chi connectivity index (χ2v) is 4.10. The minimum atomic E-state index is -0.911. The second-order valence-electron chi connectivity index (χ2n) is 4.10. The molecule has 0 fully saturated rings. The zero-order valence-electron chi connectivity index (χ0n) is 9.74. The minimum Gasteiger partial charge on any atom is -0.394 e. The highest BCUT2D eigenvalue weighted by molar-refractivity contribution is 5.06. The van der Waals surface area contributed by atoms with E-state index in [9.17, 15) is 14.7 Å². The van der Waals surface area contributed by atoms with Gasteiger partial charge in [0.25, 0.3) is 5.56 Å². The fourth-order valence-electron chi connectivity index (χ4n) is 1.72. The number of aryl methyl sites for hydroxylation is 1. The third-order valence-electron chi connectivity index (χ3n) is 2.77. The van der Waals surface area contributed by atoms with Crippen LogP contribution in [0.3, 0.4) is 0 Å². The van der Waals surface area contributed by atoms with Crippen LogP contribution in [0.25, 0.3) is 0 Å². The number of aliphatic hydroxyl groups is 2. The molecule has 98 valence electrons. The summed E-state index contributed by atoms with van der Waals surface area (Å²) in [5.41, 5.74) is -0.679. The van der Waals surface area contributed by atoms with Crippen molar-refractivity contribution in [1.82, 2.24) is 9.55 Å². The molecule has 1 aliphatic heterocycles. The van der Waals surface area contributed by atoms with Crippen LogP contribution in [0.15, 0.2) is 27.9 Å². The van der Waals surface area contributed by atoms with Gasteiger partial charge >= 0.3 is 5.69 Å². The van der Waals surface area contributed by atoms with Crippen LogP contribution >= 0.6 is 0 Å². The molecule has 0 saturated carbocycles. The largest absolute Gasteiger partial charge is 0.394 e. The van der Waals surface area contributed by atoms with Crippen LogP contribution in [0.2, 0.25) is 0 Å². The number of aliphatic hydroxyl groups excluding tert-OH is 2. The predicted molar refractivity (Wildman–Crippen MR) is 62.2 cm³/mol. The van der Waals surface area contributed by atoms with Gasteiger partial charge in [0.15, 0.2) is 6.23 Å². The van der Waals surface area contributed by atoms with E-state index >= 15 is 0 Å². The molecular weight excluding hydrogens is 240 g/mol. The molecule has 0 bridgehead atoms. The standard InChI is InChI=1S/C11H14N2O5/c1-6-4-13(11(17)12-10(6)16)9-3-2-7(15)8(5-14)18-9/h2-4,7-9,14-15H,5H2,1H3,(H,12,16,17). The topological polar surface area (TPSA) is 105 Å². The van der Waals surface area contributed by atoms with Crippen molar-refractivity contribution in [2.75, 3.05) is 6.61 Å². The quantitative estimate of drug-likeness (QED) is 0.566. The van der Waals surface area contributed by atoms with Crippen LogP contribution in [0.4, 0.5) is 0 Å². The first-order chi connectivity index (χ1) is 8.52. The van der Waals surface area contributed by atoms with Gasteiger partial charge in [-0.3, -0.25) is 14.3 Å². The Morgan fingerprint density at radius 3 is 2.83 bits per heavy atom. The van der Waals surface area contributed by atoms with E-state index in [0.717, 1.165) is 0 Å². The molecule has 2 rings (SSSR count). The third kappa shape index (κ3) is 2.28. The molecule has 1 aromatic heterocycles. The molecule has 1 aromatic rings. The van der Waals surface area contributed by atoms with Crippen LogP contribution < -0.4 is 11.2 Å². The second kappa shape index (κ2) is 4.89. The Balaban J connectivity index is 2.39. The van der Waals surface area contributed by atoms with Gasteiger partial charge in [-0.2, -0.15) is 0 Å². The number of ether oxygens (including phenoxy) is 1. The number of nitrogens with zero attached hydrogens (tertiary/aromatic N) is 1. The van der Waals surface area contributed by atoms with Crippen molar-refractivity contribution in [3.05, 3.63) is 44.8 Å². The highest BCUT2D eigenvalue weighted by Gasteiger charge is 2.26. The van der Waals surface area contributed by atoms with Crippen LogP contribution in [0.1, 0.15) is 11.8 Å². The lowest BCUT2D eigenvalue weighted by molar-refractivity contribution is -0.105. The molecule has 18 heavy (non-hydrogen) atoms. The van der Waals surface area contributed by atoms with Gasteiger partial charge < -0.3 is 14.9 Å². The molecule has 3 N–H and O–H groups in total. The van der Waals surface area contributed by atoms with E-state index in [4.69, 9.17) is 9.84 Å². The summed E-state index contributed by atoms with van der Waals surface area (Å²) in [4.78, 5) is 25.0. The lowest BCUT2D eigenvalue weighted by atomic mass is 10.1. The van der Waals surface area contributed by atoms with E-state index in [2.05, 4.69) is 4.98 Å². The summed E-state index contributed by atoms with van der Waals surface area (Å²) in [7, 11) is 0. The molecule has 3 atom stereocenters. The summed E-state index contributed by atoms with van der Waals surface area (Å²) in [5.74, 6) is 0. The fraction of sp³-hybridized carbons (Fsp3) is 0.455. The summed E-state index contributed by atoms with van der Waals surface area (Å²) in [6.07, 6.45) is 1.86. The smallest absolute Gasteiger partial charge is 0.330 e. The number of H-pyrrole nitrogens is 1. The molecular formula is C11H14N2O5. The number of aromatic amines is 1. The lowest BCUT2D eigenvalue weighted by Gasteiger charge is -2.29. The molecule has 0 aliphatic carbocycles. The highest BCUT2D eigenvalue weighted by atomic mass is 16.5. The maximum absolute atomic E-state index is 11.6. The lowest BCUT2D eigenvalue weighted by Crippen LogP contribution is -2.40. The molecule has 1 aliphatic rings. The van der Waals surface area contributed by atoms with Gasteiger partial charge in [0.1, 0.15) is 12.2 Å². The Bertz CT molecular complexity index is 574. The summed E-state index contributed by atoms with van der Waals surface area (Å²) < 4.78 is 6.56. The molecule has 7 heteroatoms. The number of aromatic nitrogens is 2. The van der Waals surface area contributed by atoms with Crippen molar-refractivity contribution in [3.63, 3.8) is 0 Å². The number of hydrogen-bond donors (Lipinski definition) is 3. The van der Waals surface area contributed by atoms with Gasteiger partial charge in [0.2, 0.25) is 0 Å². The van der Waals surface area contributed by atoms with Crippen LogP contribution in [-0.4, -0.2) is 38.6 Å². The van der Waals surface area contributed by atoms with Crippen molar-refractivity contribution in [2.24, 2.45) is 0 Å².